The van der Waals surface area contributed by atoms with Gasteiger partial charge in [0.2, 0.25) is 0 Å². The number of hydrogen-bond acceptors (Lipinski definition) is 4. The lowest BCUT2D eigenvalue weighted by atomic mass is 10.1. The molecule has 5 nitrogen and oxygen atoms in total. The Bertz CT molecular complexity index is 767. The Morgan fingerprint density at radius 1 is 1.17 bits per heavy atom. The van der Waals surface area contributed by atoms with E-state index in [1.54, 1.807) is 0 Å². The van der Waals surface area contributed by atoms with Crippen LogP contribution in [0.15, 0.2) is 30.3 Å². The Labute approximate surface area is 159 Å². The number of phenols is 1. The summed E-state index contributed by atoms with van der Waals surface area (Å²) in [5.74, 6) is -0.251. The second-order valence-corrected chi connectivity index (χ2v) is 6.62. The number of thiol groups is 1. The molecule has 1 unspecified atom stereocenters. The number of carbonyl (C=O) groups is 1. The number of urea groups is 1. The first kappa shape index (κ1) is 19.0. The summed E-state index contributed by atoms with van der Waals surface area (Å²) in [6.07, 6.45) is -0.973. The lowest BCUT2D eigenvalue weighted by Crippen LogP contribution is -2.26. The lowest BCUT2D eigenvalue weighted by Gasteiger charge is -2.19. The normalized spacial score (nSPS) is 11.9. The van der Waals surface area contributed by atoms with E-state index in [0.717, 1.165) is 4.31 Å². The van der Waals surface area contributed by atoms with Crippen LogP contribution in [0.2, 0.25) is 15.1 Å². The molecule has 2 rings (SSSR count). The molecule has 0 spiro atoms. The Kier molecular flexibility index (Phi) is 6.11. The molecule has 0 radical (unpaired) electrons. The van der Waals surface area contributed by atoms with E-state index in [1.807, 2.05) is 0 Å². The summed E-state index contributed by atoms with van der Waals surface area (Å²) in [7, 11) is 0. The van der Waals surface area contributed by atoms with Crippen molar-refractivity contribution in [3.8, 4) is 5.75 Å². The van der Waals surface area contributed by atoms with Crippen LogP contribution >= 0.6 is 47.6 Å². The molecular weight excluding hydrogens is 395 g/mol. The molecule has 2 aromatic carbocycles. The van der Waals surface area contributed by atoms with E-state index in [-0.39, 0.29) is 22.0 Å². The van der Waals surface area contributed by atoms with Crippen molar-refractivity contribution in [3.05, 3.63) is 51.0 Å². The SMILES string of the molecule is CC(O)c1cc(N(S)C(=O)Nc2cc(Cl)cc(Cl)c2)cc(Cl)c1O. The molecule has 0 aliphatic rings. The number of aliphatic hydroxyl groups excluding tert-OH is 1. The molecule has 2 aromatic rings. The van der Waals surface area contributed by atoms with Gasteiger partial charge in [0.25, 0.3) is 0 Å². The Hall–Kier alpha value is -1.31. The lowest BCUT2D eigenvalue weighted by molar-refractivity contribution is 0.195. The first-order chi connectivity index (χ1) is 11.2. The second kappa shape index (κ2) is 7.72. The topological polar surface area (TPSA) is 72.8 Å². The predicted molar refractivity (Wildman–Crippen MR) is 101 cm³/mol. The molecule has 9 heteroatoms. The fourth-order valence-electron chi connectivity index (χ4n) is 1.97. The third-order valence-electron chi connectivity index (χ3n) is 3.08. The van der Waals surface area contributed by atoms with Gasteiger partial charge in [0.1, 0.15) is 5.75 Å². The summed E-state index contributed by atoms with van der Waals surface area (Å²) < 4.78 is 0.978. The van der Waals surface area contributed by atoms with E-state index in [0.29, 0.717) is 15.7 Å². The monoisotopic (exact) mass is 406 g/mol. The summed E-state index contributed by atoms with van der Waals surface area (Å²) in [6, 6.07) is 6.74. The van der Waals surface area contributed by atoms with Gasteiger partial charge in [-0.25, -0.2) is 9.10 Å². The van der Waals surface area contributed by atoms with Crippen LogP contribution in [0.5, 0.6) is 5.75 Å². The molecule has 0 bridgehead atoms. The third-order valence-corrected chi connectivity index (χ3v) is 4.22. The third kappa shape index (κ3) is 4.40. The predicted octanol–water partition coefficient (Wildman–Crippen LogP) is 5.29. The van der Waals surface area contributed by atoms with Crippen LogP contribution in [0.1, 0.15) is 18.6 Å². The fraction of sp³-hybridized carbons (Fsp3) is 0.133. The van der Waals surface area contributed by atoms with Crippen molar-refractivity contribution < 1.29 is 15.0 Å². The van der Waals surface area contributed by atoms with Crippen molar-refractivity contribution in [2.24, 2.45) is 0 Å². The number of aromatic hydroxyl groups is 1. The van der Waals surface area contributed by atoms with Gasteiger partial charge in [0.05, 0.1) is 16.8 Å². The van der Waals surface area contributed by atoms with Crippen LogP contribution in [-0.4, -0.2) is 16.2 Å². The largest absolute Gasteiger partial charge is 0.506 e. The zero-order chi connectivity index (χ0) is 18.0. The van der Waals surface area contributed by atoms with Crippen molar-refractivity contribution in [2.45, 2.75) is 13.0 Å². The van der Waals surface area contributed by atoms with Crippen LogP contribution in [0.3, 0.4) is 0 Å². The second-order valence-electron chi connectivity index (χ2n) is 4.94. The van der Waals surface area contributed by atoms with Gasteiger partial charge in [-0.2, -0.15) is 0 Å². The average Bonchev–Trinajstić information content (AvgIpc) is 2.47. The number of amides is 2. The van der Waals surface area contributed by atoms with Crippen molar-refractivity contribution in [3.63, 3.8) is 0 Å². The molecule has 128 valence electrons. The van der Waals surface area contributed by atoms with Crippen LogP contribution in [0.4, 0.5) is 16.2 Å². The number of aliphatic hydroxyl groups is 1. The fourth-order valence-corrected chi connectivity index (χ4v) is 2.88. The number of rotatable bonds is 3. The highest BCUT2D eigenvalue weighted by atomic mass is 35.5. The summed E-state index contributed by atoms with van der Waals surface area (Å²) in [5.41, 5.74) is 0.829. The highest BCUT2D eigenvalue weighted by Crippen LogP contribution is 2.36. The Morgan fingerprint density at radius 3 is 2.29 bits per heavy atom. The molecule has 0 saturated carbocycles. The Balaban J connectivity index is 2.27. The van der Waals surface area contributed by atoms with Gasteiger partial charge in [-0.05, 0) is 37.3 Å². The summed E-state index contributed by atoms with van der Waals surface area (Å²) in [5, 5.41) is 22.8. The van der Waals surface area contributed by atoms with E-state index in [4.69, 9.17) is 34.8 Å². The first-order valence-corrected chi connectivity index (χ1v) is 8.19. The minimum Gasteiger partial charge on any atom is -0.506 e. The van der Waals surface area contributed by atoms with Gasteiger partial charge in [0.15, 0.2) is 0 Å². The summed E-state index contributed by atoms with van der Waals surface area (Å²) in [4.78, 5) is 12.3. The highest BCUT2D eigenvalue weighted by Gasteiger charge is 2.19. The number of hydrogen-bond donors (Lipinski definition) is 4. The zero-order valence-corrected chi connectivity index (χ0v) is 15.5. The van der Waals surface area contributed by atoms with Crippen molar-refractivity contribution in [1.29, 1.82) is 0 Å². The van der Waals surface area contributed by atoms with Gasteiger partial charge in [0, 0.05) is 21.3 Å². The summed E-state index contributed by atoms with van der Waals surface area (Å²) >= 11 is 21.8. The Morgan fingerprint density at radius 2 is 1.75 bits per heavy atom. The minimum absolute atomic E-state index is 0.0129. The van der Waals surface area contributed by atoms with Crippen LogP contribution in [0.25, 0.3) is 0 Å². The number of nitrogens with one attached hydrogen (secondary N) is 1. The molecule has 2 amide bonds. The molecule has 3 N–H and O–H groups in total. The molecule has 0 heterocycles. The average molecular weight is 408 g/mol. The number of halogens is 3. The highest BCUT2D eigenvalue weighted by molar-refractivity contribution is 7.82. The molecule has 24 heavy (non-hydrogen) atoms. The number of anilines is 2. The van der Waals surface area contributed by atoms with E-state index in [9.17, 15) is 15.0 Å². The van der Waals surface area contributed by atoms with Crippen molar-refractivity contribution in [2.75, 3.05) is 9.62 Å². The van der Waals surface area contributed by atoms with E-state index < -0.39 is 12.1 Å². The number of benzene rings is 2. The van der Waals surface area contributed by atoms with Crippen molar-refractivity contribution in [1.82, 2.24) is 0 Å². The molecule has 0 aliphatic heterocycles. The number of carbonyl (C=O) groups excluding carboxylic acids is 1. The van der Waals surface area contributed by atoms with E-state index >= 15 is 0 Å². The van der Waals surface area contributed by atoms with Crippen LogP contribution in [-0.2, 0) is 0 Å². The maximum absolute atomic E-state index is 12.3. The minimum atomic E-state index is -0.973. The summed E-state index contributed by atoms with van der Waals surface area (Å²) in [6.45, 7) is 1.46. The number of nitrogens with zero attached hydrogens (tertiary/aromatic N) is 1. The molecule has 0 saturated heterocycles. The van der Waals surface area contributed by atoms with Gasteiger partial charge < -0.3 is 15.5 Å². The van der Waals surface area contributed by atoms with Gasteiger partial charge >= 0.3 is 6.03 Å². The molecule has 1 atom stereocenters. The molecule has 0 fully saturated rings. The maximum Gasteiger partial charge on any atom is 0.336 e. The van der Waals surface area contributed by atoms with Gasteiger partial charge in [-0.3, -0.25) is 0 Å². The maximum atomic E-state index is 12.3. The quantitative estimate of drug-likeness (QED) is 0.522. The van der Waals surface area contributed by atoms with Crippen LogP contribution < -0.4 is 9.62 Å². The molecule has 0 aliphatic carbocycles. The van der Waals surface area contributed by atoms with Gasteiger partial charge in [-0.1, -0.05) is 47.6 Å². The number of phenolic OH excluding ortho intramolecular Hbond substituents is 1. The zero-order valence-electron chi connectivity index (χ0n) is 12.3. The first-order valence-electron chi connectivity index (χ1n) is 6.65. The van der Waals surface area contributed by atoms with Crippen molar-refractivity contribution >= 4 is 65.0 Å². The molecular formula is C15H13Cl3N2O3S. The smallest absolute Gasteiger partial charge is 0.336 e. The van der Waals surface area contributed by atoms with E-state index in [2.05, 4.69) is 18.1 Å². The van der Waals surface area contributed by atoms with Crippen LogP contribution in [0, 0.1) is 0 Å². The van der Waals surface area contributed by atoms with Gasteiger partial charge in [-0.15, -0.1) is 0 Å². The van der Waals surface area contributed by atoms with E-state index in [1.165, 1.54) is 37.3 Å². The standard InChI is InChI=1S/C15H13Cl3N2O3S/c1-7(21)12-5-11(6-13(18)14(12)22)20(24)15(23)19-10-3-8(16)2-9(17)4-10/h2-7,21-22,24H,1H3,(H,19,23). The molecule has 0 aromatic heterocycles.